The molecule has 31 heavy (non-hydrogen) atoms. The number of hydrogen-bond donors (Lipinski definition) is 1. The number of urea groups is 1. The number of likely N-dealkylation sites (tertiary alicyclic amines) is 3. The van der Waals surface area contributed by atoms with E-state index in [4.69, 9.17) is 0 Å². The molecule has 0 aliphatic carbocycles. The maximum absolute atomic E-state index is 13.1. The Hall–Kier alpha value is -2.57. The average Bonchev–Trinajstić information content (AvgIpc) is 3.34. The molecule has 1 aromatic carbocycles. The van der Waals surface area contributed by atoms with E-state index in [0.29, 0.717) is 25.2 Å². The molecule has 0 saturated carbocycles. The molecule has 0 spiro atoms. The molecule has 0 aromatic heterocycles. The van der Waals surface area contributed by atoms with Crippen LogP contribution in [0.25, 0.3) is 0 Å². The van der Waals surface area contributed by atoms with Gasteiger partial charge in [-0.2, -0.15) is 0 Å². The third kappa shape index (κ3) is 5.02. The lowest BCUT2D eigenvalue weighted by molar-refractivity contribution is -0.138. The highest BCUT2D eigenvalue weighted by atomic mass is 16.2. The summed E-state index contributed by atoms with van der Waals surface area (Å²) in [5, 5.41) is 3.13. The first-order valence-corrected chi connectivity index (χ1v) is 11.7. The lowest BCUT2D eigenvalue weighted by atomic mass is 9.95. The maximum atomic E-state index is 13.1. The van der Waals surface area contributed by atoms with E-state index >= 15 is 0 Å². The molecule has 3 fully saturated rings. The molecule has 3 aliphatic heterocycles. The van der Waals surface area contributed by atoms with E-state index < -0.39 is 0 Å². The number of nitrogens with one attached hydrogen (secondary N) is 1. The van der Waals surface area contributed by atoms with Gasteiger partial charge in [-0.05, 0) is 57.1 Å². The molecule has 7 nitrogen and oxygen atoms in total. The van der Waals surface area contributed by atoms with E-state index in [1.807, 2.05) is 45.9 Å². The van der Waals surface area contributed by atoms with Crippen LogP contribution in [0, 0.1) is 12.8 Å². The van der Waals surface area contributed by atoms with E-state index in [-0.39, 0.29) is 29.8 Å². The Bertz CT molecular complexity index is 813. The maximum Gasteiger partial charge on any atom is 0.320 e. The molecule has 168 valence electrons. The first kappa shape index (κ1) is 21.7. The Balaban J connectivity index is 1.26. The summed E-state index contributed by atoms with van der Waals surface area (Å²) in [6, 6.07) is 7.80. The normalized spacial score (nSPS) is 22.5. The molecular weight excluding hydrogens is 392 g/mol. The van der Waals surface area contributed by atoms with Crippen molar-refractivity contribution in [3.8, 4) is 0 Å². The predicted molar refractivity (Wildman–Crippen MR) is 119 cm³/mol. The molecule has 4 rings (SSSR count). The van der Waals surface area contributed by atoms with Crippen LogP contribution in [-0.4, -0.2) is 77.9 Å². The Morgan fingerprint density at radius 1 is 0.839 bits per heavy atom. The molecular formula is C24H34N4O3. The molecule has 0 radical (unpaired) electrons. The highest BCUT2D eigenvalue weighted by Gasteiger charge is 2.34. The summed E-state index contributed by atoms with van der Waals surface area (Å²) in [4.78, 5) is 44.2. The average molecular weight is 427 g/mol. The lowest BCUT2D eigenvalue weighted by Gasteiger charge is -2.38. The van der Waals surface area contributed by atoms with Crippen molar-refractivity contribution in [3.05, 3.63) is 35.4 Å². The third-order valence-corrected chi connectivity index (χ3v) is 6.95. The van der Waals surface area contributed by atoms with E-state index in [1.165, 1.54) is 0 Å². The first-order valence-electron chi connectivity index (χ1n) is 11.7. The number of hydrogen-bond acceptors (Lipinski definition) is 3. The molecule has 1 aromatic rings. The second kappa shape index (κ2) is 9.71. The SMILES string of the molecule is Cc1ccccc1C(=O)NC1CCN(C(=O)C2CCCN(C(=O)N3CCCC3)C2)CC1. The van der Waals surface area contributed by atoms with Crippen LogP contribution in [0.15, 0.2) is 24.3 Å². The summed E-state index contributed by atoms with van der Waals surface area (Å²) in [6.45, 7) is 6.25. The molecule has 3 heterocycles. The Labute approximate surface area is 184 Å². The quantitative estimate of drug-likeness (QED) is 0.808. The van der Waals surface area contributed by atoms with Gasteiger partial charge in [0.1, 0.15) is 0 Å². The summed E-state index contributed by atoms with van der Waals surface area (Å²) in [5.74, 6) is 0.0345. The minimum atomic E-state index is -0.0987. The monoisotopic (exact) mass is 426 g/mol. The number of amides is 4. The molecule has 1 N–H and O–H groups in total. The van der Waals surface area contributed by atoms with Gasteiger partial charge in [0, 0.05) is 50.9 Å². The minimum Gasteiger partial charge on any atom is -0.349 e. The van der Waals surface area contributed by atoms with Crippen LogP contribution in [0.2, 0.25) is 0 Å². The largest absolute Gasteiger partial charge is 0.349 e. The van der Waals surface area contributed by atoms with Crippen LogP contribution in [0.4, 0.5) is 4.79 Å². The first-order chi connectivity index (χ1) is 15.0. The second-order valence-electron chi connectivity index (χ2n) is 9.15. The fourth-order valence-corrected chi connectivity index (χ4v) is 5.05. The third-order valence-electron chi connectivity index (χ3n) is 6.95. The van der Waals surface area contributed by atoms with E-state index in [1.54, 1.807) is 0 Å². The zero-order valence-electron chi connectivity index (χ0n) is 18.5. The summed E-state index contributed by atoms with van der Waals surface area (Å²) >= 11 is 0. The van der Waals surface area contributed by atoms with Gasteiger partial charge in [0.2, 0.25) is 5.91 Å². The van der Waals surface area contributed by atoms with Gasteiger partial charge in [-0.25, -0.2) is 4.79 Å². The zero-order chi connectivity index (χ0) is 21.8. The van der Waals surface area contributed by atoms with Crippen molar-refractivity contribution in [2.75, 3.05) is 39.3 Å². The second-order valence-corrected chi connectivity index (χ2v) is 9.15. The Morgan fingerprint density at radius 3 is 2.23 bits per heavy atom. The van der Waals surface area contributed by atoms with Gasteiger partial charge < -0.3 is 20.0 Å². The van der Waals surface area contributed by atoms with Crippen molar-refractivity contribution in [2.24, 2.45) is 5.92 Å². The van der Waals surface area contributed by atoms with Crippen molar-refractivity contribution in [1.29, 1.82) is 0 Å². The van der Waals surface area contributed by atoms with Crippen molar-refractivity contribution < 1.29 is 14.4 Å². The van der Waals surface area contributed by atoms with Gasteiger partial charge in [0.15, 0.2) is 0 Å². The van der Waals surface area contributed by atoms with Crippen molar-refractivity contribution in [3.63, 3.8) is 0 Å². The van der Waals surface area contributed by atoms with Gasteiger partial charge in [-0.3, -0.25) is 9.59 Å². The summed E-state index contributed by atoms with van der Waals surface area (Å²) < 4.78 is 0. The van der Waals surface area contributed by atoms with E-state index in [0.717, 1.165) is 63.7 Å². The fraction of sp³-hybridized carbons (Fsp3) is 0.625. The van der Waals surface area contributed by atoms with Gasteiger partial charge in [0.05, 0.1) is 5.92 Å². The number of benzene rings is 1. The van der Waals surface area contributed by atoms with Crippen LogP contribution in [0.1, 0.15) is 54.4 Å². The summed E-state index contributed by atoms with van der Waals surface area (Å²) in [6.07, 6.45) is 5.44. The van der Waals surface area contributed by atoms with Crippen molar-refractivity contribution in [2.45, 2.75) is 51.5 Å². The number of carbonyl (C=O) groups excluding carboxylic acids is 3. The smallest absolute Gasteiger partial charge is 0.320 e. The number of aryl methyl sites for hydroxylation is 1. The molecule has 3 aliphatic rings. The molecule has 7 heteroatoms. The van der Waals surface area contributed by atoms with Gasteiger partial charge in [-0.15, -0.1) is 0 Å². The molecule has 1 atom stereocenters. The lowest BCUT2D eigenvalue weighted by Crippen LogP contribution is -2.52. The van der Waals surface area contributed by atoms with Crippen LogP contribution in [0.5, 0.6) is 0 Å². The topological polar surface area (TPSA) is 73.0 Å². The standard InChI is InChI=1S/C24H34N4O3/c1-18-7-2-3-9-21(18)22(29)25-20-10-15-26(16-11-20)23(30)19-8-6-14-28(17-19)24(31)27-12-4-5-13-27/h2-3,7,9,19-20H,4-6,8,10-17H2,1H3,(H,25,29). The fourth-order valence-electron chi connectivity index (χ4n) is 5.05. The summed E-state index contributed by atoms with van der Waals surface area (Å²) in [7, 11) is 0. The van der Waals surface area contributed by atoms with Gasteiger partial charge in [-0.1, -0.05) is 18.2 Å². The number of nitrogens with zero attached hydrogens (tertiary/aromatic N) is 3. The number of piperidine rings is 2. The molecule has 0 bridgehead atoms. The Kier molecular flexibility index (Phi) is 6.78. The predicted octanol–water partition coefficient (Wildman–Crippen LogP) is 2.64. The molecule has 3 saturated heterocycles. The van der Waals surface area contributed by atoms with Crippen molar-refractivity contribution >= 4 is 17.8 Å². The van der Waals surface area contributed by atoms with Gasteiger partial charge >= 0.3 is 6.03 Å². The van der Waals surface area contributed by atoms with E-state index in [2.05, 4.69) is 5.32 Å². The van der Waals surface area contributed by atoms with Crippen LogP contribution >= 0.6 is 0 Å². The zero-order valence-corrected chi connectivity index (χ0v) is 18.5. The minimum absolute atomic E-state index is 0.0359. The van der Waals surface area contributed by atoms with Crippen LogP contribution in [-0.2, 0) is 4.79 Å². The Morgan fingerprint density at radius 2 is 1.52 bits per heavy atom. The van der Waals surface area contributed by atoms with Crippen molar-refractivity contribution in [1.82, 2.24) is 20.0 Å². The number of rotatable bonds is 3. The van der Waals surface area contributed by atoms with Crippen LogP contribution in [0.3, 0.4) is 0 Å². The highest BCUT2D eigenvalue weighted by Crippen LogP contribution is 2.23. The number of carbonyl (C=O) groups is 3. The van der Waals surface area contributed by atoms with Gasteiger partial charge in [0.25, 0.3) is 5.91 Å². The molecule has 1 unspecified atom stereocenters. The van der Waals surface area contributed by atoms with E-state index in [9.17, 15) is 14.4 Å². The molecule has 4 amide bonds. The van der Waals surface area contributed by atoms with Crippen LogP contribution < -0.4 is 5.32 Å². The highest BCUT2D eigenvalue weighted by molar-refractivity contribution is 5.95. The summed E-state index contributed by atoms with van der Waals surface area (Å²) in [5.41, 5.74) is 1.68.